The average molecular weight is 390 g/mol. The number of rotatable bonds is 7. The average Bonchev–Trinajstić information content (AvgIpc) is 2.97. The minimum Gasteiger partial charge on any atom is -0.487 e. The van der Waals surface area contributed by atoms with Crippen LogP contribution in [0.1, 0.15) is 50.5 Å². The first-order valence-electron chi connectivity index (χ1n) is 9.19. The molecule has 0 radical (unpaired) electrons. The van der Waals surface area contributed by atoms with Crippen molar-refractivity contribution >= 4 is 34.7 Å². The third-order valence-electron chi connectivity index (χ3n) is 4.86. The molecule has 1 N–H and O–H groups in total. The van der Waals surface area contributed by atoms with Gasteiger partial charge in [0.25, 0.3) is 11.1 Å². The van der Waals surface area contributed by atoms with Gasteiger partial charge in [-0.1, -0.05) is 38.2 Å². The highest BCUT2D eigenvalue weighted by atomic mass is 32.2. The van der Waals surface area contributed by atoms with Gasteiger partial charge in [0.05, 0.1) is 16.4 Å². The van der Waals surface area contributed by atoms with E-state index < -0.39 is 16.1 Å². The molecule has 0 aromatic heterocycles. The zero-order chi connectivity index (χ0) is 19.2. The van der Waals surface area contributed by atoms with Crippen LogP contribution in [0.5, 0.6) is 5.75 Å². The van der Waals surface area contributed by atoms with Crippen molar-refractivity contribution in [3.8, 4) is 5.75 Å². The van der Waals surface area contributed by atoms with E-state index in [2.05, 4.69) is 5.32 Å². The lowest BCUT2D eigenvalue weighted by atomic mass is 9.86. The Morgan fingerprint density at radius 3 is 2.70 bits per heavy atom. The molecule has 2 fully saturated rings. The van der Waals surface area contributed by atoms with Crippen molar-refractivity contribution in [3.05, 3.63) is 38.8 Å². The first-order valence-corrected chi connectivity index (χ1v) is 10.0. The van der Waals surface area contributed by atoms with Crippen molar-refractivity contribution in [2.45, 2.75) is 44.9 Å². The molecule has 8 heteroatoms. The number of nitrogens with zero attached hydrogens (tertiary/aromatic N) is 1. The Morgan fingerprint density at radius 1 is 1.26 bits per heavy atom. The summed E-state index contributed by atoms with van der Waals surface area (Å²) in [5.74, 6) is 0.491. The second kappa shape index (κ2) is 9.03. The molecule has 1 aliphatic heterocycles. The number of imide groups is 1. The van der Waals surface area contributed by atoms with Gasteiger partial charge in [-0.2, -0.15) is 0 Å². The first kappa shape index (κ1) is 19.4. The molecule has 144 valence electrons. The number of amides is 2. The van der Waals surface area contributed by atoms with Crippen LogP contribution in [0.15, 0.2) is 23.1 Å². The van der Waals surface area contributed by atoms with E-state index in [1.54, 1.807) is 12.1 Å². The maximum Gasteiger partial charge on any atom is 0.311 e. The largest absolute Gasteiger partial charge is 0.487 e. The van der Waals surface area contributed by atoms with Crippen LogP contribution in [-0.2, 0) is 4.79 Å². The quantitative estimate of drug-likeness (QED) is 0.315. The molecule has 7 nitrogen and oxygen atoms in total. The predicted molar refractivity (Wildman–Crippen MR) is 104 cm³/mol. The number of thioether (sulfide) groups is 1. The van der Waals surface area contributed by atoms with Crippen molar-refractivity contribution in [3.63, 3.8) is 0 Å². The zero-order valence-corrected chi connectivity index (χ0v) is 15.8. The summed E-state index contributed by atoms with van der Waals surface area (Å²) < 4.78 is 5.65. The Bertz CT molecular complexity index is 771. The van der Waals surface area contributed by atoms with Crippen molar-refractivity contribution in [1.82, 2.24) is 5.32 Å². The number of carbonyl (C=O) groups is 2. The van der Waals surface area contributed by atoms with Crippen molar-refractivity contribution in [2.24, 2.45) is 5.92 Å². The van der Waals surface area contributed by atoms with E-state index in [0.29, 0.717) is 12.2 Å². The van der Waals surface area contributed by atoms with Gasteiger partial charge in [0.2, 0.25) is 0 Å². The van der Waals surface area contributed by atoms with Crippen LogP contribution < -0.4 is 10.1 Å². The smallest absolute Gasteiger partial charge is 0.311 e. The van der Waals surface area contributed by atoms with Crippen molar-refractivity contribution in [2.75, 3.05) is 6.61 Å². The van der Waals surface area contributed by atoms with Gasteiger partial charge in [-0.15, -0.1) is 0 Å². The molecule has 0 spiro atoms. The van der Waals surface area contributed by atoms with Gasteiger partial charge in [0.15, 0.2) is 5.75 Å². The van der Waals surface area contributed by atoms with Crippen LogP contribution in [0.25, 0.3) is 6.08 Å². The van der Waals surface area contributed by atoms with E-state index in [1.807, 2.05) is 0 Å². The molecule has 1 aromatic rings. The number of nitro groups is 1. The van der Waals surface area contributed by atoms with Crippen LogP contribution in [0.4, 0.5) is 10.5 Å². The normalized spacial score (nSPS) is 19.3. The molecule has 3 rings (SSSR count). The van der Waals surface area contributed by atoms with E-state index in [1.165, 1.54) is 44.2 Å². The number of ether oxygens (including phenoxy) is 1. The van der Waals surface area contributed by atoms with E-state index in [4.69, 9.17) is 4.74 Å². The SMILES string of the molecule is O=C1NC(=O)/C(=C/c2ccc(OCCCC3CCCCC3)c([N+](=O)[O-])c2)S1. The Labute approximate surface area is 161 Å². The van der Waals surface area contributed by atoms with Crippen LogP contribution in [-0.4, -0.2) is 22.7 Å². The van der Waals surface area contributed by atoms with Gasteiger partial charge in [-0.3, -0.25) is 25.0 Å². The Morgan fingerprint density at radius 2 is 2.04 bits per heavy atom. The number of benzene rings is 1. The van der Waals surface area contributed by atoms with Gasteiger partial charge < -0.3 is 4.74 Å². The van der Waals surface area contributed by atoms with Gasteiger partial charge in [-0.05, 0) is 48.2 Å². The molecule has 2 aliphatic rings. The molecule has 0 bridgehead atoms. The number of hydrogen-bond acceptors (Lipinski definition) is 6. The highest BCUT2D eigenvalue weighted by Crippen LogP contribution is 2.32. The number of carbonyl (C=O) groups excluding carboxylic acids is 2. The molecule has 0 atom stereocenters. The second-order valence-corrected chi connectivity index (χ2v) is 7.85. The molecular formula is C19H22N2O5S. The lowest BCUT2D eigenvalue weighted by Crippen LogP contribution is -2.17. The molecular weight excluding hydrogens is 368 g/mol. The van der Waals surface area contributed by atoms with Gasteiger partial charge in [0, 0.05) is 6.07 Å². The maximum atomic E-state index is 11.6. The molecule has 0 unspecified atom stereocenters. The standard InChI is InChI=1S/C19H22N2O5S/c22-18-17(27-19(23)20-18)12-14-8-9-16(15(11-14)21(24)25)26-10-4-7-13-5-2-1-3-6-13/h8-9,11-13H,1-7,10H2,(H,20,22,23)/b17-12-. The Hall–Kier alpha value is -2.35. The summed E-state index contributed by atoms with van der Waals surface area (Å²) in [4.78, 5) is 33.9. The molecule has 2 amide bonds. The summed E-state index contributed by atoms with van der Waals surface area (Å²) in [5.41, 5.74) is 0.334. The molecule has 1 aromatic carbocycles. The Balaban J connectivity index is 1.61. The molecule has 27 heavy (non-hydrogen) atoms. The summed E-state index contributed by atoms with van der Waals surface area (Å²) in [6.07, 6.45) is 9.92. The molecule has 1 aliphatic carbocycles. The maximum absolute atomic E-state index is 11.6. The first-order chi connectivity index (χ1) is 13.0. The van der Waals surface area contributed by atoms with Crippen LogP contribution >= 0.6 is 11.8 Å². The summed E-state index contributed by atoms with van der Waals surface area (Å²) in [6, 6.07) is 4.55. The minimum absolute atomic E-state index is 0.142. The van der Waals surface area contributed by atoms with Crippen LogP contribution in [0.2, 0.25) is 0 Å². The highest BCUT2D eigenvalue weighted by Gasteiger charge is 2.25. The van der Waals surface area contributed by atoms with Crippen LogP contribution in [0.3, 0.4) is 0 Å². The molecule has 1 heterocycles. The fourth-order valence-electron chi connectivity index (χ4n) is 3.49. The monoisotopic (exact) mass is 390 g/mol. The van der Waals surface area contributed by atoms with E-state index in [9.17, 15) is 19.7 Å². The summed E-state index contributed by atoms with van der Waals surface area (Å²) in [7, 11) is 0. The van der Waals surface area contributed by atoms with E-state index in [0.717, 1.165) is 30.5 Å². The van der Waals surface area contributed by atoms with Gasteiger partial charge in [-0.25, -0.2) is 0 Å². The minimum atomic E-state index is -0.495. The lowest BCUT2D eigenvalue weighted by Gasteiger charge is -2.21. The van der Waals surface area contributed by atoms with Crippen molar-refractivity contribution in [1.29, 1.82) is 0 Å². The summed E-state index contributed by atoms with van der Waals surface area (Å²) in [5, 5.41) is 13.1. The Kier molecular flexibility index (Phi) is 6.49. The number of nitro benzene ring substituents is 1. The second-order valence-electron chi connectivity index (χ2n) is 6.83. The number of nitrogens with one attached hydrogen (secondary N) is 1. The van der Waals surface area contributed by atoms with E-state index in [-0.39, 0.29) is 16.3 Å². The zero-order valence-electron chi connectivity index (χ0n) is 14.9. The summed E-state index contributed by atoms with van der Waals surface area (Å²) >= 11 is 0.778. The number of hydrogen-bond donors (Lipinski definition) is 1. The predicted octanol–water partition coefficient (Wildman–Crippen LogP) is 4.66. The van der Waals surface area contributed by atoms with Crippen molar-refractivity contribution < 1.29 is 19.2 Å². The lowest BCUT2D eigenvalue weighted by molar-refractivity contribution is -0.385. The fourth-order valence-corrected chi connectivity index (χ4v) is 4.17. The highest BCUT2D eigenvalue weighted by molar-refractivity contribution is 8.18. The van der Waals surface area contributed by atoms with Crippen LogP contribution in [0, 0.1) is 16.0 Å². The van der Waals surface area contributed by atoms with E-state index >= 15 is 0 Å². The van der Waals surface area contributed by atoms with Gasteiger partial charge in [0.1, 0.15) is 0 Å². The summed E-state index contributed by atoms with van der Waals surface area (Å²) in [6.45, 7) is 0.449. The van der Waals surface area contributed by atoms with Gasteiger partial charge >= 0.3 is 5.69 Å². The topological polar surface area (TPSA) is 98.5 Å². The molecule has 1 saturated carbocycles. The molecule has 1 saturated heterocycles. The third-order valence-corrected chi connectivity index (χ3v) is 5.67. The third kappa shape index (κ3) is 5.32. The fraction of sp³-hybridized carbons (Fsp3) is 0.474.